The van der Waals surface area contributed by atoms with Crippen molar-refractivity contribution in [2.24, 2.45) is 23.7 Å². The number of allylic oxidation sites excluding steroid dienone is 4. The van der Waals surface area contributed by atoms with Crippen molar-refractivity contribution in [3.05, 3.63) is 53.1 Å². The van der Waals surface area contributed by atoms with Gasteiger partial charge in [-0.15, -0.1) is 0 Å². The van der Waals surface area contributed by atoms with Crippen LogP contribution in [0.4, 0.5) is 5.69 Å². The Balaban J connectivity index is 1.49. The third-order valence-corrected chi connectivity index (χ3v) is 6.88. The summed E-state index contributed by atoms with van der Waals surface area (Å²) < 4.78 is 0. The number of carbonyl (C=O) groups is 2. The quantitative estimate of drug-likeness (QED) is 0.586. The van der Waals surface area contributed by atoms with Crippen LogP contribution in [0.1, 0.15) is 44.6 Å². The highest BCUT2D eigenvalue weighted by molar-refractivity contribution is 6.23. The number of imide groups is 1. The molecule has 0 aromatic heterocycles. The lowest BCUT2D eigenvalue weighted by atomic mass is 9.85. The average molecular weight is 347 g/mol. The summed E-state index contributed by atoms with van der Waals surface area (Å²) in [7, 11) is 0. The van der Waals surface area contributed by atoms with E-state index in [1.165, 1.54) is 35.3 Å². The topological polar surface area (TPSA) is 37.4 Å². The van der Waals surface area contributed by atoms with Crippen molar-refractivity contribution >= 4 is 17.5 Å². The highest BCUT2D eigenvalue weighted by Crippen LogP contribution is 2.58. The van der Waals surface area contributed by atoms with Crippen LogP contribution in [-0.4, -0.2) is 11.8 Å². The number of amides is 2. The number of hydrogen-bond donors (Lipinski definition) is 0. The van der Waals surface area contributed by atoms with Crippen LogP contribution in [-0.2, 0) is 16.0 Å². The maximum atomic E-state index is 13.2. The van der Waals surface area contributed by atoms with Gasteiger partial charge in [-0.1, -0.05) is 48.8 Å². The zero-order valence-corrected chi connectivity index (χ0v) is 15.3. The van der Waals surface area contributed by atoms with Gasteiger partial charge in [-0.3, -0.25) is 9.59 Å². The predicted molar refractivity (Wildman–Crippen MR) is 102 cm³/mol. The second-order valence-electron chi connectivity index (χ2n) is 8.14. The molecule has 1 saturated heterocycles. The third kappa shape index (κ3) is 2.12. The largest absolute Gasteiger partial charge is 0.274 e. The molecule has 1 aliphatic heterocycles. The Bertz CT molecular complexity index is 790. The van der Waals surface area contributed by atoms with E-state index in [1.54, 1.807) is 5.57 Å². The molecule has 1 heterocycles. The fraction of sp³-hybridized carbons (Fsp3) is 0.478. The Morgan fingerprint density at radius 2 is 1.46 bits per heavy atom. The van der Waals surface area contributed by atoms with Crippen LogP contribution in [0.2, 0.25) is 0 Å². The van der Waals surface area contributed by atoms with Gasteiger partial charge in [0.15, 0.2) is 0 Å². The lowest BCUT2D eigenvalue weighted by molar-refractivity contribution is -0.122. The van der Waals surface area contributed by atoms with Gasteiger partial charge in [-0.05, 0) is 49.8 Å². The molecule has 26 heavy (non-hydrogen) atoms. The summed E-state index contributed by atoms with van der Waals surface area (Å²) in [6.45, 7) is 2.11. The molecule has 0 unspecified atom stereocenters. The molecule has 1 aromatic carbocycles. The fourth-order valence-corrected chi connectivity index (χ4v) is 5.64. The average Bonchev–Trinajstić information content (AvgIpc) is 3.32. The van der Waals surface area contributed by atoms with E-state index in [0.717, 1.165) is 24.9 Å². The van der Waals surface area contributed by atoms with E-state index in [0.29, 0.717) is 0 Å². The molecule has 3 aliphatic carbocycles. The SMILES string of the molecule is CCc1ccc(N2C(=O)[C@@H]3[C@@H](C2=O)[C@H]2C=C[C@H]3C2=C2CCCCC2)cc1. The first-order valence-electron chi connectivity index (χ1n) is 10.1. The first-order chi connectivity index (χ1) is 12.7. The van der Waals surface area contributed by atoms with E-state index in [2.05, 4.69) is 19.1 Å². The van der Waals surface area contributed by atoms with Crippen molar-refractivity contribution < 1.29 is 9.59 Å². The highest BCUT2D eigenvalue weighted by Gasteiger charge is 2.62. The molecule has 0 radical (unpaired) electrons. The number of nitrogens with zero attached hydrogens (tertiary/aromatic N) is 1. The van der Waals surface area contributed by atoms with Gasteiger partial charge in [0.05, 0.1) is 17.5 Å². The molecule has 2 bridgehead atoms. The lowest BCUT2D eigenvalue weighted by Crippen LogP contribution is -2.33. The summed E-state index contributed by atoms with van der Waals surface area (Å²) in [4.78, 5) is 27.9. The number of aryl methyl sites for hydroxylation is 1. The van der Waals surface area contributed by atoms with Gasteiger partial charge >= 0.3 is 0 Å². The van der Waals surface area contributed by atoms with E-state index in [1.807, 2.05) is 24.3 Å². The van der Waals surface area contributed by atoms with Crippen LogP contribution < -0.4 is 4.90 Å². The van der Waals surface area contributed by atoms with Gasteiger partial charge in [-0.2, -0.15) is 0 Å². The molecule has 2 amide bonds. The zero-order chi connectivity index (χ0) is 17.8. The Morgan fingerprint density at radius 3 is 2.00 bits per heavy atom. The highest BCUT2D eigenvalue weighted by atomic mass is 16.2. The summed E-state index contributed by atoms with van der Waals surface area (Å²) in [5.41, 5.74) is 4.93. The molecule has 5 rings (SSSR count). The van der Waals surface area contributed by atoms with Crippen LogP contribution in [0, 0.1) is 23.7 Å². The van der Waals surface area contributed by atoms with Crippen LogP contribution in [0.25, 0.3) is 0 Å². The normalized spacial score (nSPS) is 32.7. The van der Waals surface area contributed by atoms with Gasteiger partial charge in [0, 0.05) is 11.8 Å². The van der Waals surface area contributed by atoms with Crippen LogP contribution in [0.3, 0.4) is 0 Å². The molecule has 4 atom stereocenters. The molecule has 0 spiro atoms. The Labute approximate surface area is 154 Å². The van der Waals surface area contributed by atoms with E-state index in [-0.39, 0.29) is 35.5 Å². The second-order valence-corrected chi connectivity index (χ2v) is 8.14. The minimum atomic E-state index is -0.173. The Kier molecular flexibility index (Phi) is 3.66. The number of benzene rings is 1. The second kappa shape index (κ2) is 5.94. The van der Waals surface area contributed by atoms with Crippen LogP contribution in [0.5, 0.6) is 0 Å². The van der Waals surface area contributed by atoms with Crippen LogP contribution >= 0.6 is 0 Å². The molecule has 3 nitrogen and oxygen atoms in total. The van der Waals surface area contributed by atoms with E-state index in [9.17, 15) is 9.59 Å². The van der Waals surface area contributed by atoms with Gasteiger partial charge in [-0.25, -0.2) is 4.90 Å². The van der Waals surface area contributed by atoms with Gasteiger partial charge in [0.1, 0.15) is 0 Å². The Morgan fingerprint density at radius 1 is 0.885 bits per heavy atom. The maximum Gasteiger partial charge on any atom is 0.238 e. The third-order valence-electron chi connectivity index (χ3n) is 6.88. The number of carbonyl (C=O) groups excluding carboxylic acids is 2. The van der Waals surface area contributed by atoms with Crippen molar-refractivity contribution in [2.45, 2.75) is 45.4 Å². The standard InChI is InChI=1S/C23H25NO2/c1-2-14-8-10-16(11-9-14)24-22(25)20-17-12-13-18(21(20)23(24)26)19(17)15-6-4-3-5-7-15/h8-13,17-18,20-21H,2-7H2,1H3/t17-,18-,20-,21-/m0/s1. The van der Waals surface area contributed by atoms with Crippen molar-refractivity contribution in [3.63, 3.8) is 0 Å². The van der Waals surface area contributed by atoms with E-state index >= 15 is 0 Å². The minimum Gasteiger partial charge on any atom is -0.274 e. The first kappa shape index (κ1) is 16.0. The predicted octanol–water partition coefficient (Wildman–Crippen LogP) is 4.43. The number of hydrogen-bond acceptors (Lipinski definition) is 2. The number of rotatable bonds is 2. The molecule has 4 aliphatic rings. The fourth-order valence-electron chi connectivity index (χ4n) is 5.64. The zero-order valence-electron chi connectivity index (χ0n) is 15.3. The monoisotopic (exact) mass is 347 g/mol. The Hall–Kier alpha value is -2.16. The summed E-state index contributed by atoms with van der Waals surface area (Å²) in [6.07, 6.45) is 11.5. The van der Waals surface area contributed by atoms with E-state index in [4.69, 9.17) is 0 Å². The summed E-state index contributed by atoms with van der Waals surface area (Å²) in [6, 6.07) is 7.88. The molecule has 3 heteroatoms. The molecular weight excluding hydrogens is 322 g/mol. The molecule has 134 valence electrons. The van der Waals surface area contributed by atoms with Crippen molar-refractivity contribution in [2.75, 3.05) is 4.90 Å². The summed E-state index contributed by atoms with van der Waals surface area (Å²) in [5.74, 6) is -0.00509. The molecule has 2 saturated carbocycles. The molecule has 1 aromatic rings. The first-order valence-corrected chi connectivity index (χ1v) is 10.1. The molecule has 0 N–H and O–H groups in total. The number of fused-ring (bicyclic) bond motifs is 5. The smallest absolute Gasteiger partial charge is 0.238 e. The van der Waals surface area contributed by atoms with Gasteiger partial charge in [0.2, 0.25) is 11.8 Å². The van der Waals surface area contributed by atoms with Gasteiger partial charge in [0.25, 0.3) is 0 Å². The van der Waals surface area contributed by atoms with Crippen molar-refractivity contribution in [1.29, 1.82) is 0 Å². The molecular formula is C23H25NO2. The van der Waals surface area contributed by atoms with E-state index < -0.39 is 0 Å². The maximum absolute atomic E-state index is 13.2. The van der Waals surface area contributed by atoms with Crippen molar-refractivity contribution in [1.82, 2.24) is 0 Å². The lowest BCUT2D eigenvalue weighted by Gasteiger charge is -2.23. The minimum absolute atomic E-state index is 0.00927. The molecule has 3 fully saturated rings. The van der Waals surface area contributed by atoms with Crippen LogP contribution in [0.15, 0.2) is 47.6 Å². The number of anilines is 1. The van der Waals surface area contributed by atoms with Gasteiger partial charge < -0.3 is 0 Å². The summed E-state index contributed by atoms with van der Waals surface area (Å²) >= 11 is 0. The summed E-state index contributed by atoms with van der Waals surface area (Å²) in [5, 5.41) is 0. The van der Waals surface area contributed by atoms with Crippen molar-refractivity contribution in [3.8, 4) is 0 Å².